The molecule has 1 unspecified atom stereocenters. The average molecular weight is 490 g/mol. The van der Waals surface area contributed by atoms with Gasteiger partial charge in [-0.05, 0) is 30.3 Å². The highest BCUT2D eigenvalue weighted by molar-refractivity contribution is 8.00. The Hall–Kier alpha value is -2.72. The van der Waals surface area contributed by atoms with Crippen molar-refractivity contribution in [2.45, 2.75) is 16.7 Å². The summed E-state index contributed by atoms with van der Waals surface area (Å²) in [4.78, 5) is 29.5. The smallest absolute Gasteiger partial charge is 0.234 e. The second-order valence-electron chi connectivity index (χ2n) is 8.16. The van der Waals surface area contributed by atoms with Crippen molar-refractivity contribution < 1.29 is 22.7 Å². The molecule has 0 radical (unpaired) electrons. The second kappa shape index (κ2) is 9.64. The molecule has 1 N–H and O–H groups in total. The summed E-state index contributed by atoms with van der Waals surface area (Å²) in [6.45, 7) is 3.98. The molecule has 0 aromatic heterocycles. The van der Waals surface area contributed by atoms with Crippen molar-refractivity contribution in [3.63, 3.8) is 0 Å². The molecule has 8 nitrogen and oxygen atoms in total. The maximum atomic E-state index is 13.0. The number of nitrogens with zero attached hydrogens (tertiary/aromatic N) is 2. The molecule has 0 spiro atoms. The van der Waals surface area contributed by atoms with E-state index in [2.05, 4.69) is 10.2 Å². The van der Waals surface area contributed by atoms with Crippen molar-refractivity contribution >= 4 is 44.8 Å². The number of benzene rings is 2. The summed E-state index contributed by atoms with van der Waals surface area (Å²) in [6, 6.07) is 12.5. The zero-order chi connectivity index (χ0) is 23.6. The first kappa shape index (κ1) is 23.4. The molecule has 33 heavy (non-hydrogen) atoms. The molecular weight excluding hydrogens is 462 g/mol. The van der Waals surface area contributed by atoms with Crippen molar-refractivity contribution in [1.82, 2.24) is 4.90 Å². The van der Waals surface area contributed by atoms with Crippen LogP contribution in [0.1, 0.15) is 6.92 Å². The summed E-state index contributed by atoms with van der Waals surface area (Å²) in [5.74, 6) is -0.171. The molecule has 176 valence electrons. The molecule has 2 aromatic carbocycles. The number of hydrogen-bond donors (Lipinski definition) is 1. The topological polar surface area (TPSA) is 96.0 Å². The SMILES string of the molecule is COc1ccccc1N1CCN(C(=O)C(C)CS(=O)(=O)c2ccc3c(c2)NC(=O)CS3)CC1. The fourth-order valence-electron chi connectivity index (χ4n) is 4.12. The van der Waals surface area contributed by atoms with Crippen LogP contribution in [-0.2, 0) is 19.4 Å². The van der Waals surface area contributed by atoms with Crippen LogP contribution in [0.4, 0.5) is 11.4 Å². The molecule has 4 rings (SSSR count). The molecule has 1 fully saturated rings. The Kier molecular flexibility index (Phi) is 6.85. The first-order valence-corrected chi connectivity index (χ1v) is 13.4. The summed E-state index contributed by atoms with van der Waals surface area (Å²) in [5.41, 5.74) is 1.49. The summed E-state index contributed by atoms with van der Waals surface area (Å²) in [7, 11) is -2.06. The third-order valence-electron chi connectivity index (χ3n) is 5.85. The van der Waals surface area contributed by atoms with Crippen LogP contribution in [0.15, 0.2) is 52.3 Å². The zero-order valence-electron chi connectivity index (χ0n) is 18.6. The Labute approximate surface area is 198 Å². The van der Waals surface area contributed by atoms with Crippen molar-refractivity contribution in [1.29, 1.82) is 0 Å². The van der Waals surface area contributed by atoms with E-state index in [0.29, 0.717) is 37.6 Å². The predicted octanol–water partition coefficient (Wildman–Crippen LogP) is 2.50. The van der Waals surface area contributed by atoms with Gasteiger partial charge in [-0.3, -0.25) is 9.59 Å². The molecule has 2 heterocycles. The van der Waals surface area contributed by atoms with Crippen LogP contribution < -0.4 is 15.0 Å². The second-order valence-corrected chi connectivity index (χ2v) is 11.2. The van der Waals surface area contributed by atoms with Crippen LogP contribution in [0.25, 0.3) is 0 Å². The van der Waals surface area contributed by atoms with E-state index < -0.39 is 15.8 Å². The monoisotopic (exact) mass is 489 g/mol. The van der Waals surface area contributed by atoms with Gasteiger partial charge in [-0.25, -0.2) is 8.42 Å². The third kappa shape index (κ3) is 5.11. The van der Waals surface area contributed by atoms with Crippen LogP contribution in [0, 0.1) is 5.92 Å². The number of nitrogens with one attached hydrogen (secondary N) is 1. The summed E-state index contributed by atoms with van der Waals surface area (Å²) in [6.07, 6.45) is 0. The number of ether oxygens (including phenoxy) is 1. The van der Waals surface area contributed by atoms with Crippen molar-refractivity contribution in [2.24, 2.45) is 5.92 Å². The van der Waals surface area contributed by atoms with Gasteiger partial charge in [0.15, 0.2) is 9.84 Å². The van der Waals surface area contributed by atoms with Crippen LogP contribution in [0.3, 0.4) is 0 Å². The van der Waals surface area contributed by atoms with Crippen molar-refractivity contribution in [2.75, 3.05) is 55.0 Å². The van der Waals surface area contributed by atoms with Gasteiger partial charge in [0, 0.05) is 37.0 Å². The molecule has 0 bridgehead atoms. The highest BCUT2D eigenvalue weighted by Gasteiger charge is 2.30. The molecular formula is C23H27N3O5S2. The third-order valence-corrected chi connectivity index (χ3v) is 8.84. The van der Waals surface area contributed by atoms with E-state index in [-0.39, 0.29) is 22.5 Å². The molecule has 0 aliphatic carbocycles. The van der Waals surface area contributed by atoms with Crippen molar-refractivity contribution in [3.05, 3.63) is 42.5 Å². The van der Waals surface area contributed by atoms with Gasteiger partial charge in [-0.15, -0.1) is 11.8 Å². The Balaban J connectivity index is 1.39. The first-order valence-electron chi connectivity index (χ1n) is 10.7. The number of hydrogen-bond acceptors (Lipinski definition) is 7. The van der Waals surface area contributed by atoms with E-state index >= 15 is 0 Å². The van der Waals surface area contributed by atoms with Crippen molar-refractivity contribution in [3.8, 4) is 5.75 Å². The number of carbonyl (C=O) groups is 2. The highest BCUT2D eigenvalue weighted by Crippen LogP contribution is 2.34. The first-order chi connectivity index (χ1) is 15.8. The average Bonchev–Trinajstić information content (AvgIpc) is 2.82. The Morgan fingerprint density at radius 3 is 2.61 bits per heavy atom. The van der Waals surface area contributed by atoms with Crippen LogP contribution in [0.2, 0.25) is 0 Å². The number of amides is 2. The minimum atomic E-state index is -3.69. The Morgan fingerprint density at radius 1 is 1.15 bits per heavy atom. The van der Waals surface area contributed by atoms with Gasteiger partial charge in [0.05, 0.1) is 34.9 Å². The van der Waals surface area contributed by atoms with E-state index in [0.717, 1.165) is 16.3 Å². The van der Waals surface area contributed by atoms with E-state index in [4.69, 9.17) is 4.74 Å². The number of methoxy groups -OCH3 is 1. The van der Waals surface area contributed by atoms with Crippen LogP contribution in [-0.4, -0.2) is 69.9 Å². The van der Waals surface area contributed by atoms with E-state index in [1.165, 1.54) is 17.8 Å². The maximum Gasteiger partial charge on any atom is 0.234 e. The van der Waals surface area contributed by atoms with Gasteiger partial charge in [0.2, 0.25) is 11.8 Å². The van der Waals surface area contributed by atoms with Gasteiger partial charge in [0.1, 0.15) is 5.75 Å². The Bertz CT molecular complexity index is 1160. The fourth-order valence-corrected chi connectivity index (χ4v) is 6.48. The van der Waals surface area contributed by atoms with Gasteiger partial charge in [0.25, 0.3) is 0 Å². The summed E-state index contributed by atoms with van der Waals surface area (Å²) < 4.78 is 31.4. The normalized spacial score (nSPS) is 17.2. The fraction of sp³-hybridized carbons (Fsp3) is 0.391. The Morgan fingerprint density at radius 2 is 1.88 bits per heavy atom. The molecule has 2 aliphatic heterocycles. The van der Waals surface area contributed by atoms with Crippen LogP contribution in [0.5, 0.6) is 5.75 Å². The molecule has 1 atom stereocenters. The largest absolute Gasteiger partial charge is 0.495 e. The number of para-hydroxylation sites is 2. The lowest BCUT2D eigenvalue weighted by molar-refractivity contribution is -0.134. The lowest BCUT2D eigenvalue weighted by atomic mass is 10.1. The molecule has 2 aromatic rings. The number of anilines is 2. The number of rotatable bonds is 6. The maximum absolute atomic E-state index is 13.0. The van der Waals surface area contributed by atoms with E-state index in [1.54, 1.807) is 31.1 Å². The minimum absolute atomic E-state index is 0.115. The number of piperazine rings is 1. The molecule has 0 saturated carbocycles. The molecule has 1 saturated heterocycles. The van der Waals surface area contributed by atoms with Gasteiger partial charge in [-0.2, -0.15) is 0 Å². The van der Waals surface area contributed by atoms with Crippen LogP contribution >= 0.6 is 11.8 Å². The molecule has 10 heteroatoms. The molecule has 2 amide bonds. The van der Waals surface area contributed by atoms with Gasteiger partial charge < -0.3 is 19.9 Å². The summed E-state index contributed by atoms with van der Waals surface area (Å²) >= 11 is 1.37. The number of fused-ring (bicyclic) bond motifs is 1. The zero-order valence-corrected chi connectivity index (χ0v) is 20.2. The standard InChI is InChI=1S/C23H27N3O5S2/c1-16(15-33(29,30)17-7-8-21-18(13-17)24-22(27)14-32-21)23(28)26-11-9-25(10-12-26)19-5-3-4-6-20(19)31-2/h3-8,13,16H,9-12,14-15H2,1-2H3,(H,24,27). The lowest BCUT2D eigenvalue weighted by Gasteiger charge is -2.37. The predicted molar refractivity (Wildman–Crippen MR) is 129 cm³/mol. The number of sulfone groups is 1. The quantitative estimate of drug-likeness (QED) is 0.666. The number of carbonyl (C=O) groups excluding carboxylic acids is 2. The highest BCUT2D eigenvalue weighted by atomic mass is 32.2. The van der Waals surface area contributed by atoms with Gasteiger partial charge in [-0.1, -0.05) is 19.1 Å². The summed E-state index contributed by atoms with van der Waals surface area (Å²) in [5, 5.41) is 2.71. The van der Waals surface area contributed by atoms with E-state index in [9.17, 15) is 18.0 Å². The molecule has 2 aliphatic rings. The lowest BCUT2D eigenvalue weighted by Crippen LogP contribution is -2.50. The van der Waals surface area contributed by atoms with Gasteiger partial charge >= 0.3 is 0 Å². The number of thioether (sulfide) groups is 1. The minimum Gasteiger partial charge on any atom is -0.495 e. The van der Waals surface area contributed by atoms with E-state index in [1.807, 2.05) is 24.3 Å².